The predicted octanol–water partition coefficient (Wildman–Crippen LogP) is 0.645. The van der Waals surface area contributed by atoms with Gasteiger partial charge >= 0.3 is 17.8 Å². The van der Waals surface area contributed by atoms with Crippen LogP contribution in [0.3, 0.4) is 0 Å². The fourth-order valence-corrected chi connectivity index (χ4v) is 2.34. The molecule has 82 valence electrons. The zero-order chi connectivity index (χ0) is 11.1. The zero-order valence-corrected chi connectivity index (χ0v) is 8.71. The third kappa shape index (κ3) is 1.73. The minimum atomic E-state index is -0.804. The van der Waals surface area contributed by atoms with E-state index in [9.17, 15) is 14.4 Å². The molecule has 0 aromatic carbocycles. The van der Waals surface area contributed by atoms with E-state index in [4.69, 9.17) is 0 Å². The van der Waals surface area contributed by atoms with Gasteiger partial charge in [0.1, 0.15) is 0 Å². The van der Waals surface area contributed by atoms with Crippen LogP contribution in [0.5, 0.6) is 0 Å². The molecule has 1 saturated heterocycles. The summed E-state index contributed by atoms with van der Waals surface area (Å²) in [5.41, 5.74) is -0.00236. The number of carbonyl (C=O) groups is 3. The summed E-state index contributed by atoms with van der Waals surface area (Å²) < 4.78 is 0. The summed E-state index contributed by atoms with van der Waals surface area (Å²) in [6.07, 6.45) is 4.29. The van der Waals surface area contributed by atoms with E-state index in [-0.39, 0.29) is 5.41 Å². The topological polar surface area (TPSA) is 66.5 Å². The maximum absolute atomic E-state index is 11.3. The standard InChI is InChI=1S/C10H14N2O3/c1-10(4-2-3-5-10)6-12-8(14)7(13)11-9(12)15/h2-6H2,1H3,(H,11,13,15). The lowest BCUT2D eigenvalue weighted by Crippen LogP contribution is -2.39. The lowest BCUT2D eigenvalue weighted by molar-refractivity contribution is -0.140. The molecule has 0 radical (unpaired) electrons. The van der Waals surface area contributed by atoms with Crippen LogP contribution in [0, 0.1) is 5.41 Å². The quantitative estimate of drug-likeness (QED) is 0.537. The van der Waals surface area contributed by atoms with Gasteiger partial charge in [0.15, 0.2) is 0 Å². The van der Waals surface area contributed by atoms with Gasteiger partial charge in [-0.15, -0.1) is 0 Å². The van der Waals surface area contributed by atoms with Gasteiger partial charge in [0.25, 0.3) is 0 Å². The van der Waals surface area contributed by atoms with Crippen LogP contribution in [0.4, 0.5) is 4.79 Å². The molecule has 1 aliphatic heterocycles. The minimum Gasteiger partial charge on any atom is -0.269 e. The smallest absolute Gasteiger partial charge is 0.269 e. The van der Waals surface area contributed by atoms with Gasteiger partial charge in [-0.25, -0.2) is 4.79 Å². The first-order chi connectivity index (χ1) is 7.02. The number of rotatable bonds is 2. The van der Waals surface area contributed by atoms with Crippen molar-refractivity contribution in [2.75, 3.05) is 6.54 Å². The van der Waals surface area contributed by atoms with E-state index in [2.05, 4.69) is 6.92 Å². The van der Waals surface area contributed by atoms with Crippen LogP contribution in [-0.4, -0.2) is 29.3 Å². The molecule has 2 aliphatic rings. The molecule has 2 rings (SSSR count). The summed E-state index contributed by atoms with van der Waals surface area (Å²) >= 11 is 0. The molecular weight excluding hydrogens is 196 g/mol. The maximum atomic E-state index is 11.3. The predicted molar refractivity (Wildman–Crippen MR) is 51.8 cm³/mol. The largest absolute Gasteiger partial charge is 0.331 e. The van der Waals surface area contributed by atoms with Gasteiger partial charge in [-0.1, -0.05) is 19.8 Å². The second kappa shape index (κ2) is 3.32. The Morgan fingerprint density at radius 2 is 1.87 bits per heavy atom. The number of nitrogens with zero attached hydrogens (tertiary/aromatic N) is 1. The second-order valence-corrected chi connectivity index (χ2v) is 4.67. The van der Waals surface area contributed by atoms with Crippen molar-refractivity contribution in [1.29, 1.82) is 0 Å². The normalized spacial score (nSPS) is 24.9. The molecular formula is C10H14N2O3. The molecule has 15 heavy (non-hydrogen) atoms. The van der Waals surface area contributed by atoms with Crippen LogP contribution in [0.2, 0.25) is 0 Å². The number of hydrogen-bond donors (Lipinski definition) is 1. The molecule has 0 bridgehead atoms. The lowest BCUT2D eigenvalue weighted by Gasteiger charge is -2.27. The molecule has 5 heteroatoms. The molecule has 4 amide bonds. The number of urea groups is 1. The van der Waals surface area contributed by atoms with Gasteiger partial charge in [-0.2, -0.15) is 0 Å². The van der Waals surface area contributed by atoms with Gasteiger partial charge in [-0.3, -0.25) is 19.8 Å². The zero-order valence-electron chi connectivity index (χ0n) is 8.71. The van der Waals surface area contributed by atoms with Crippen molar-refractivity contribution in [1.82, 2.24) is 10.2 Å². The Balaban J connectivity index is 2.08. The number of carbonyl (C=O) groups excluding carboxylic acids is 3. The average Bonchev–Trinajstić information content (AvgIpc) is 2.68. The van der Waals surface area contributed by atoms with E-state index in [1.165, 1.54) is 0 Å². The molecule has 1 saturated carbocycles. The summed E-state index contributed by atoms with van der Waals surface area (Å²) in [5.74, 6) is -1.52. The maximum Gasteiger partial charge on any atom is 0.331 e. The SMILES string of the molecule is CC1(CN2C(=O)NC(=O)C2=O)CCCC1. The van der Waals surface area contributed by atoms with Crippen molar-refractivity contribution in [3.05, 3.63) is 0 Å². The van der Waals surface area contributed by atoms with Gasteiger partial charge in [-0.05, 0) is 18.3 Å². The van der Waals surface area contributed by atoms with E-state index in [1.54, 1.807) is 0 Å². The van der Waals surface area contributed by atoms with Crippen molar-refractivity contribution in [3.8, 4) is 0 Å². The molecule has 0 aromatic heterocycles. The van der Waals surface area contributed by atoms with Crippen LogP contribution in [0.15, 0.2) is 0 Å². The van der Waals surface area contributed by atoms with Crippen molar-refractivity contribution < 1.29 is 14.4 Å². The number of amides is 4. The van der Waals surface area contributed by atoms with Crippen LogP contribution < -0.4 is 5.32 Å². The summed E-state index contributed by atoms with van der Waals surface area (Å²) in [6, 6.07) is -0.571. The first-order valence-electron chi connectivity index (χ1n) is 5.19. The third-order valence-electron chi connectivity index (χ3n) is 3.26. The van der Waals surface area contributed by atoms with Crippen LogP contribution in [0.25, 0.3) is 0 Å². The molecule has 1 heterocycles. The van der Waals surface area contributed by atoms with Crippen LogP contribution in [-0.2, 0) is 9.59 Å². The molecule has 0 spiro atoms. The van der Waals surface area contributed by atoms with Crippen molar-refractivity contribution in [2.45, 2.75) is 32.6 Å². The first kappa shape index (κ1) is 10.1. The number of nitrogens with one attached hydrogen (secondary N) is 1. The van der Waals surface area contributed by atoms with Gasteiger partial charge in [0.05, 0.1) is 0 Å². The number of imide groups is 2. The van der Waals surface area contributed by atoms with Crippen molar-refractivity contribution in [2.24, 2.45) is 5.41 Å². The Morgan fingerprint density at radius 3 is 2.33 bits per heavy atom. The molecule has 2 fully saturated rings. The summed E-state index contributed by atoms with van der Waals surface area (Å²) in [4.78, 5) is 34.6. The highest BCUT2D eigenvalue weighted by Gasteiger charge is 2.41. The first-order valence-corrected chi connectivity index (χ1v) is 5.19. The van der Waals surface area contributed by atoms with E-state index in [0.29, 0.717) is 6.54 Å². The average molecular weight is 210 g/mol. The Hall–Kier alpha value is -1.39. The summed E-state index contributed by atoms with van der Waals surface area (Å²) in [7, 11) is 0. The van der Waals surface area contributed by atoms with Gasteiger partial charge < -0.3 is 0 Å². The second-order valence-electron chi connectivity index (χ2n) is 4.67. The van der Waals surface area contributed by atoms with Crippen LogP contribution >= 0.6 is 0 Å². The van der Waals surface area contributed by atoms with Crippen LogP contribution in [0.1, 0.15) is 32.6 Å². The van der Waals surface area contributed by atoms with Crippen molar-refractivity contribution >= 4 is 17.8 Å². The molecule has 0 unspecified atom stereocenters. The van der Waals surface area contributed by atoms with E-state index < -0.39 is 17.8 Å². The fourth-order valence-electron chi connectivity index (χ4n) is 2.34. The highest BCUT2D eigenvalue weighted by molar-refractivity contribution is 6.44. The molecule has 1 aliphatic carbocycles. The van der Waals surface area contributed by atoms with E-state index in [1.807, 2.05) is 5.32 Å². The number of hydrogen-bond acceptors (Lipinski definition) is 3. The summed E-state index contributed by atoms with van der Waals surface area (Å²) in [5, 5.41) is 2.01. The monoisotopic (exact) mass is 210 g/mol. The highest BCUT2D eigenvalue weighted by atomic mass is 16.2. The molecule has 0 atom stereocenters. The molecule has 5 nitrogen and oxygen atoms in total. The molecule has 1 N–H and O–H groups in total. The Kier molecular flexibility index (Phi) is 2.25. The van der Waals surface area contributed by atoms with Crippen molar-refractivity contribution in [3.63, 3.8) is 0 Å². The molecule has 0 aromatic rings. The van der Waals surface area contributed by atoms with E-state index >= 15 is 0 Å². The Labute approximate surface area is 87.8 Å². The van der Waals surface area contributed by atoms with Gasteiger partial charge in [0.2, 0.25) is 0 Å². The Bertz CT molecular complexity index is 332. The summed E-state index contributed by atoms with van der Waals surface area (Å²) in [6.45, 7) is 2.42. The third-order valence-corrected chi connectivity index (χ3v) is 3.26. The Morgan fingerprint density at radius 1 is 1.27 bits per heavy atom. The fraction of sp³-hybridized carbons (Fsp3) is 0.700. The minimum absolute atomic E-state index is 0.00236. The highest BCUT2D eigenvalue weighted by Crippen LogP contribution is 2.38. The van der Waals surface area contributed by atoms with E-state index in [0.717, 1.165) is 30.6 Å². The lowest BCUT2D eigenvalue weighted by atomic mass is 9.88. The van der Waals surface area contributed by atoms with Gasteiger partial charge in [0, 0.05) is 6.54 Å².